The summed E-state index contributed by atoms with van der Waals surface area (Å²) in [5.41, 5.74) is 1.27. The molecule has 2 aromatic rings. The number of anilines is 1. The van der Waals surface area contributed by atoms with Gasteiger partial charge in [0.15, 0.2) is 0 Å². The smallest absolute Gasteiger partial charge is 0.225 e. The Labute approximate surface area is 150 Å². The summed E-state index contributed by atoms with van der Waals surface area (Å²) in [6.45, 7) is 3.32. The molecule has 1 aliphatic rings. The van der Waals surface area contributed by atoms with Crippen molar-refractivity contribution in [3.05, 3.63) is 60.7 Å². The average molecular weight is 338 g/mol. The molecule has 1 heterocycles. The fraction of sp³-hybridized carbons (Fsp3) is 0.381. The third kappa shape index (κ3) is 4.99. The van der Waals surface area contributed by atoms with E-state index in [9.17, 15) is 4.79 Å². The zero-order chi connectivity index (χ0) is 17.5. The third-order valence-electron chi connectivity index (χ3n) is 4.69. The molecule has 0 radical (unpaired) electrons. The summed E-state index contributed by atoms with van der Waals surface area (Å²) in [6, 6.07) is 20.1. The molecule has 0 bridgehead atoms. The predicted octanol–water partition coefficient (Wildman–Crippen LogP) is 3.44. The van der Waals surface area contributed by atoms with Crippen LogP contribution in [0.15, 0.2) is 60.7 Å². The van der Waals surface area contributed by atoms with Crippen LogP contribution >= 0.6 is 0 Å². The van der Waals surface area contributed by atoms with Gasteiger partial charge < -0.3 is 14.5 Å². The summed E-state index contributed by atoms with van der Waals surface area (Å²) in [7, 11) is 1.90. The topological polar surface area (TPSA) is 32.8 Å². The van der Waals surface area contributed by atoms with Crippen LogP contribution in [0, 0.1) is 5.92 Å². The van der Waals surface area contributed by atoms with Gasteiger partial charge in [0.05, 0.1) is 13.0 Å². The molecule has 132 valence electrons. The van der Waals surface area contributed by atoms with E-state index in [1.165, 1.54) is 5.69 Å². The second-order valence-corrected chi connectivity index (χ2v) is 6.62. The molecule has 1 aliphatic heterocycles. The number of amides is 1. The maximum atomic E-state index is 12.3. The van der Waals surface area contributed by atoms with Gasteiger partial charge in [-0.15, -0.1) is 0 Å². The van der Waals surface area contributed by atoms with Crippen molar-refractivity contribution in [2.45, 2.75) is 12.8 Å². The van der Waals surface area contributed by atoms with Crippen LogP contribution in [-0.4, -0.2) is 44.1 Å². The highest BCUT2D eigenvalue weighted by molar-refractivity contribution is 5.76. The van der Waals surface area contributed by atoms with Gasteiger partial charge in [0.25, 0.3) is 0 Å². The van der Waals surface area contributed by atoms with E-state index in [2.05, 4.69) is 29.2 Å². The second-order valence-electron chi connectivity index (χ2n) is 6.62. The SMILES string of the molecule is CN(C[C@@H]1CCN(c2ccccc2)C1)C(=O)CCOc1ccccc1. The van der Waals surface area contributed by atoms with Crippen LogP contribution in [0.2, 0.25) is 0 Å². The lowest BCUT2D eigenvalue weighted by molar-refractivity contribution is -0.130. The first-order valence-corrected chi connectivity index (χ1v) is 8.94. The van der Waals surface area contributed by atoms with E-state index < -0.39 is 0 Å². The normalized spacial score (nSPS) is 16.7. The largest absolute Gasteiger partial charge is 0.493 e. The summed E-state index contributed by atoms with van der Waals surface area (Å²) in [5, 5.41) is 0. The monoisotopic (exact) mass is 338 g/mol. The molecule has 1 amide bonds. The first-order valence-electron chi connectivity index (χ1n) is 8.94. The van der Waals surface area contributed by atoms with Crippen molar-refractivity contribution >= 4 is 11.6 Å². The van der Waals surface area contributed by atoms with E-state index in [0.717, 1.165) is 31.8 Å². The second kappa shape index (κ2) is 8.56. The number of ether oxygens (including phenoxy) is 1. The van der Waals surface area contributed by atoms with E-state index in [0.29, 0.717) is 18.9 Å². The van der Waals surface area contributed by atoms with E-state index in [1.54, 1.807) is 0 Å². The molecule has 1 atom stereocenters. The van der Waals surface area contributed by atoms with Crippen LogP contribution in [0.4, 0.5) is 5.69 Å². The molecule has 0 unspecified atom stereocenters. The van der Waals surface area contributed by atoms with Gasteiger partial charge in [0, 0.05) is 32.4 Å². The van der Waals surface area contributed by atoms with Crippen molar-refractivity contribution in [2.24, 2.45) is 5.92 Å². The van der Waals surface area contributed by atoms with Gasteiger partial charge in [0.1, 0.15) is 5.75 Å². The first-order chi connectivity index (χ1) is 12.2. The summed E-state index contributed by atoms with van der Waals surface area (Å²) in [5.74, 6) is 1.49. The number of hydrogen-bond acceptors (Lipinski definition) is 3. The molecular weight excluding hydrogens is 312 g/mol. The molecule has 25 heavy (non-hydrogen) atoms. The lowest BCUT2D eigenvalue weighted by Crippen LogP contribution is -2.33. The van der Waals surface area contributed by atoms with Gasteiger partial charge in [-0.1, -0.05) is 36.4 Å². The Morgan fingerprint density at radius 2 is 1.80 bits per heavy atom. The van der Waals surface area contributed by atoms with Crippen LogP contribution < -0.4 is 9.64 Å². The Morgan fingerprint density at radius 1 is 1.12 bits per heavy atom. The van der Waals surface area contributed by atoms with E-state index in [4.69, 9.17) is 4.74 Å². The van der Waals surface area contributed by atoms with Crippen molar-refractivity contribution in [1.29, 1.82) is 0 Å². The van der Waals surface area contributed by atoms with Gasteiger partial charge in [-0.2, -0.15) is 0 Å². The number of rotatable bonds is 7. The summed E-state index contributed by atoms with van der Waals surface area (Å²) < 4.78 is 5.62. The fourth-order valence-electron chi connectivity index (χ4n) is 3.31. The molecular formula is C21H26N2O2. The first kappa shape index (κ1) is 17.3. The Bertz CT molecular complexity index is 660. The van der Waals surface area contributed by atoms with Crippen LogP contribution in [0.5, 0.6) is 5.75 Å². The predicted molar refractivity (Wildman–Crippen MR) is 101 cm³/mol. The Balaban J connectivity index is 1.40. The average Bonchev–Trinajstić information content (AvgIpc) is 3.12. The standard InChI is InChI=1S/C21H26N2O2/c1-22(21(24)13-15-25-20-10-6-3-7-11-20)16-18-12-14-23(17-18)19-8-4-2-5-9-19/h2-11,18H,12-17H2,1H3/t18-/m0/s1. The van der Waals surface area contributed by atoms with Crippen molar-refractivity contribution in [2.75, 3.05) is 38.2 Å². The zero-order valence-electron chi connectivity index (χ0n) is 14.8. The lowest BCUT2D eigenvalue weighted by atomic mass is 10.1. The van der Waals surface area contributed by atoms with Crippen LogP contribution in [0.1, 0.15) is 12.8 Å². The molecule has 0 saturated carbocycles. The molecule has 1 saturated heterocycles. The number of nitrogens with zero attached hydrogens (tertiary/aromatic N) is 2. The molecule has 4 heteroatoms. The maximum absolute atomic E-state index is 12.3. The molecule has 1 fully saturated rings. The molecule has 2 aromatic carbocycles. The summed E-state index contributed by atoms with van der Waals surface area (Å²) >= 11 is 0. The van der Waals surface area contributed by atoms with Gasteiger partial charge in [0.2, 0.25) is 5.91 Å². The Kier molecular flexibility index (Phi) is 5.94. The fourth-order valence-corrected chi connectivity index (χ4v) is 3.31. The zero-order valence-corrected chi connectivity index (χ0v) is 14.8. The van der Waals surface area contributed by atoms with Crippen LogP contribution in [-0.2, 0) is 4.79 Å². The Hall–Kier alpha value is -2.49. The number of carbonyl (C=O) groups excluding carboxylic acids is 1. The minimum Gasteiger partial charge on any atom is -0.493 e. The summed E-state index contributed by atoms with van der Waals surface area (Å²) in [6.07, 6.45) is 1.55. The van der Waals surface area contributed by atoms with Crippen LogP contribution in [0.3, 0.4) is 0 Å². The van der Waals surface area contributed by atoms with Crippen LogP contribution in [0.25, 0.3) is 0 Å². The number of carbonyl (C=O) groups is 1. The van der Waals surface area contributed by atoms with E-state index in [-0.39, 0.29) is 5.91 Å². The highest BCUT2D eigenvalue weighted by Gasteiger charge is 2.25. The Morgan fingerprint density at radius 3 is 2.52 bits per heavy atom. The lowest BCUT2D eigenvalue weighted by Gasteiger charge is -2.22. The molecule has 4 nitrogen and oxygen atoms in total. The highest BCUT2D eigenvalue weighted by Crippen LogP contribution is 2.24. The van der Waals surface area contributed by atoms with Gasteiger partial charge >= 0.3 is 0 Å². The molecule has 3 rings (SSSR count). The molecule has 0 aromatic heterocycles. The van der Waals surface area contributed by atoms with E-state index >= 15 is 0 Å². The number of benzene rings is 2. The van der Waals surface area contributed by atoms with Gasteiger partial charge in [-0.05, 0) is 36.6 Å². The molecule has 0 aliphatic carbocycles. The van der Waals surface area contributed by atoms with Crippen molar-refractivity contribution < 1.29 is 9.53 Å². The maximum Gasteiger partial charge on any atom is 0.225 e. The van der Waals surface area contributed by atoms with Crippen molar-refractivity contribution in [3.63, 3.8) is 0 Å². The summed E-state index contributed by atoms with van der Waals surface area (Å²) in [4.78, 5) is 16.6. The minimum absolute atomic E-state index is 0.147. The molecule has 0 spiro atoms. The number of para-hydroxylation sites is 2. The minimum atomic E-state index is 0.147. The van der Waals surface area contributed by atoms with Crippen molar-refractivity contribution in [3.8, 4) is 5.75 Å². The quantitative estimate of drug-likeness (QED) is 0.775. The van der Waals surface area contributed by atoms with Gasteiger partial charge in [-0.25, -0.2) is 0 Å². The molecule has 0 N–H and O–H groups in total. The van der Waals surface area contributed by atoms with E-state index in [1.807, 2.05) is 48.3 Å². The number of hydrogen-bond donors (Lipinski definition) is 0. The highest BCUT2D eigenvalue weighted by atomic mass is 16.5. The third-order valence-corrected chi connectivity index (χ3v) is 4.69. The van der Waals surface area contributed by atoms with Gasteiger partial charge in [-0.3, -0.25) is 4.79 Å². The van der Waals surface area contributed by atoms with Crippen molar-refractivity contribution in [1.82, 2.24) is 4.90 Å².